The average Bonchev–Trinajstić information content (AvgIpc) is 2.75. The van der Waals surface area contributed by atoms with Gasteiger partial charge in [0.05, 0.1) is 22.9 Å². The first kappa shape index (κ1) is 21.8. The number of nitrogens with one attached hydrogen (secondary N) is 1. The molecule has 0 fully saturated rings. The van der Waals surface area contributed by atoms with Crippen molar-refractivity contribution in [3.8, 4) is 17.3 Å². The van der Waals surface area contributed by atoms with E-state index in [1.807, 2.05) is 19.1 Å². The molecule has 2 aromatic rings. The van der Waals surface area contributed by atoms with E-state index in [-0.39, 0.29) is 24.3 Å². The third kappa shape index (κ3) is 6.01. The lowest BCUT2D eigenvalue weighted by Gasteiger charge is -2.14. The second-order valence-electron chi connectivity index (χ2n) is 6.65. The van der Waals surface area contributed by atoms with Crippen LogP contribution < -0.4 is 5.32 Å². The summed E-state index contributed by atoms with van der Waals surface area (Å²) in [4.78, 5) is 28.1. The summed E-state index contributed by atoms with van der Waals surface area (Å²) < 4.78 is 0. The normalized spacial score (nSPS) is 11.3. The number of carboxylic acid groups (broad SMARTS) is 1. The molecule has 0 radical (unpaired) electrons. The second-order valence-corrected chi connectivity index (χ2v) is 6.65. The van der Waals surface area contributed by atoms with Crippen LogP contribution in [0.15, 0.2) is 53.9 Å². The highest BCUT2D eigenvalue weighted by Gasteiger charge is 2.17. The maximum Gasteiger partial charge on any atom is 0.333 e. The Morgan fingerprint density at radius 2 is 1.93 bits per heavy atom. The number of aromatic nitrogens is 1. The third-order valence-electron chi connectivity index (χ3n) is 4.54. The van der Waals surface area contributed by atoms with Crippen molar-refractivity contribution in [1.82, 2.24) is 10.3 Å². The summed E-state index contributed by atoms with van der Waals surface area (Å²) in [5, 5.41) is 21.7. The van der Waals surface area contributed by atoms with Crippen molar-refractivity contribution in [2.75, 3.05) is 0 Å². The number of allylic oxidation sites excluding steroid dienone is 1. The van der Waals surface area contributed by atoms with Crippen molar-refractivity contribution in [1.29, 1.82) is 5.26 Å². The van der Waals surface area contributed by atoms with Gasteiger partial charge in [0.15, 0.2) is 0 Å². The summed E-state index contributed by atoms with van der Waals surface area (Å²) in [5.41, 5.74) is 3.27. The number of pyridine rings is 1. The van der Waals surface area contributed by atoms with Gasteiger partial charge in [-0.25, -0.2) is 4.79 Å². The smallest absolute Gasteiger partial charge is 0.333 e. The molecule has 2 N–H and O–H groups in total. The van der Waals surface area contributed by atoms with Gasteiger partial charge in [-0.2, -0.15) is 5.26 Å². The van der Waals surface area contributed by atoms with Crippen LogP contribution in [0.5, 0.6) is 0 Å². The predicted molar refractivity (Wildman–Crippen MR) is 111 cm³/mol. The molecule has 0 aliphatic heterocycles. The van der Waals surface area contributed by atoms with E-state index in [1.54, 1.807) is 37.4 Å². The second kappa shape index (κ2) is 10.8. The summed E-state index contributed by atoms with van der Waals surface area (Å²) in [6.07, 6.45) is 4.25. The lowest BCUT2D eigenvalue weighted by atomic mass is 10.00. The molecule has 1 aromatic carbocycles. The van der Waals surface area contributed by atoms with Gasteiger partial charge in [0, 0.05) is 30.3 Å². The molecule has 6 nitrogen and oxygen atoms in total. The van der Waals surface area contributed by atoms with Crippen molar-refractivity contribution >= 4 is 11.9 Å². The fourth-order valence-corrected chi connectivity index (χ4v) is 2.91. The molecule has 29 heavy (non-hydrogen) atoms. The Labute approximate surface area is 170 Å². The summed E-state index contributed by atoms with van der Waals surface area (Å²) in [5.74, 6) is -1.25. The number of hydrogen-bond donors (Lipinski definition) is 2. The molecule has 150 valence electrons. The van der Waals surface area contributed by atoms with Gasteiger partial charge in [0.2, 0.25) is 5.91 Å². The minimum absolute atomic E-state index is 0.158. The Kier molecular flexibility index (Phi) is 8.11. The van der Waals surface area contributed by atoms with E-state index < -0.39 is 5.97 Å². The van der Waals surface area contributed by atoms with Crippen molar-refractivity contribution in [3.05, 3.63) is 65.0 Å². The maximum atomic E-state index is 11.9. The van der Waals surface area contributed by atoms with Crippen molar-refractivity contribution in [3.63, 3.8) is 0 Å². The van der Waals surface area contributed by atoms with Crippen LogP contribution >= 0.6 is 0 Å². The third-order valence-corrected chi connectivity index (χ3v) is 4.54. The molecule has 0 bridgehead atoms. The molecule has 1 amide bonds. The Morgan fingerprint density at radius 1 is 1.17 bits per heavy atom. The fourth-order valence-electron chi connectivity index (χ4n) is 2.91. The number of hydrogen-bond acceptors (Lipinski definition) is 4. The number of rotatable bonds is 9. The van der Waals surface area contributed by atoms with Crippen LogP contribution in [0.3, 0.4) is 0 Å². The van der Waals surface area contributed by atoms with Gasteiger partial charge < -0.3 is 10.4 Å². The molecule has 0 atom stereocenters. The van der Waals surface area contributed by atoms with Crippen LogP contribution in [-0.4, -0.2) is 22.0 Å². The fraction of sp³-hybridized carbons (Fsp3) is 0.304. The summed E-state index contributed by atoms with van der Waals surface area (Å²) in [6.45, 7) is 3.75. The molecular formula is C23H25N3O3. The number of aliphatic carboxylic acids is 1. The van der Waals surface area contributed by atoms with E-state index in [4.69, 9.17) is 0 Å². The maximum absolute atomic E-state index is 11.9. The van der Waals surface area contributed by atoms with E-state index in [2.05, 4.69) is 16.4 Å². The first-order chi connectivity index (χ1) is 14.0. The first-order valence-electron chi connectivity index (χ1n) is 9.69. The summed E-state index contributed by atoms with van der Waals surface area (Å²) in [7, 11) is 0. The van der Waals surface area contributed by atoms with E-state index in [0.29, 0.717) is 23.4 Å². The zero-order chi connectivity index (χ0) is 21.2. The van der Waals surface area contributed by atoms with Gasteiger partial charge in [-0.15, -0.1) is 0 Å². The minimum atomic E-state index is -1.05. The van der Waals surface area contributed by atoms with Crippen molar-refractivity contribution < 1.29 is 14.7 Å². The SMILES string of the molecule is CCCC/C(NC(=O)CC)=C(/Cc1ccc(-c2ccccc2C#N)nc1)C(=O)O. The van der Waals surface area contributed by atoms with E-state index in [0.717, 1.165) is 24.0 Å². The lowest BCUT2D eigenvalue weighted by molar-refractivity contribution is -0.132. The van der Waals surface area contributed by atoms with E-state index >= 15 is 0 Å². The molecule has 0 spiro atoms. The summed E-state index contributed by atoms with van der Waals surface area (Å²) >= 11 is 0. The van der Waals surface area contributed by atoms with Crippen LogP contribution in [0.2, 0.25) is 0 Å². The highest BCUT2D eigenvalue weighted by molar-refractivity contribution is 5.89. The first-order valence-corrected chi connectivity index (χ1v) is 9.69. The van der Waals surface area contributed by atoms with E-state index in [1.165, 1.54) is 0 Å². The summed E-state index contributed by atoms with van der Waals surface area (Å²) in [6, 6.07) is 12.9. The van der Waals surface area contributed by atoms with Gasteiger partial charge in [-0.05, 0) is 30.5 Å². The monoisotopic (exact) mass is 391 g/mol. The molecule has 0 saturated carbocycles. The highest BCUT2D eigenvalue weighted by Crippen LogP contribution is 2.22. The molecule has 6 heteroatoms. The number of amides is 1. The molecular weight excluding hydrogens is 366 g/mol. The van der Waals surface area contributed by atoms with Crippen LogP contribution in [0, 0.1) is 11.3 Å². The standard InChI is InChI=1S/C23H25N3O3/c1-3-5-10-21(26-22(27)4-2)19(23(28)29)13-16-11-12-20(25-15-16)18-9-7-6-8-17(18)14-24/h6-9,11-12,15H,3-5,10,13H2,1-2H3,(H,26,27)(H,28,29)/b21-19+. The molecule has 0 aliphatic rings. The number of unbranched alkanes of at least 4 members (excludes halogenated alkanes) is 1. The molecule has 0 unspecified atom stereocenters. The number of carbonyl (C=O) groups excluding carboxylic acids is 1. The number of carboxylic acids is 1. The van der Waals surface area contributed by atoms with Crippen LogP contribution in [-0.2, 0) is 16.0 Å². The Morgan fingerprint density at radius 3 is 2.52 bits per heavy atom. The molecule has 0 aliphatic carbocycles. The predicted octanol–water partition coefficient (Wildman–Crippen LogP) is 4.22. The van der Waals surface area contributed by atoms with E-state index in [9.17, 15) is 20.0 Å². The average molecular weight is 391 g/mol. The van der Waals surface area contributed by atoms with Gasteiger partial charge >= 0.3 is 5.97 Å². The number of carbonyl (C=O) groups is 2. The molecule has 2 rings (SSSR count). The largest absolute Gasteiger partial charge is 0.478 e. The van der Waals surface area contributed by atoms with Crippen molar-refractivity contribution in [2.45, 2.75) is 46.0 Å². The number of nitrogens with zero attached hydrogens (tertiary/aromatic N) is 2. The Hall–Kier alpha value is -3.46. The molecule has 1 aromatic heterocycles. The minimum Gasteiger partial charge on any atom is -0.478 e. The topological polar surface area (TPSA) is 103 Å². The zero-order valence-corrected chi connectivity index (χ0v) is 16.7. The van der Waals surface area contributed by atoms with Gasteiger partial charge in [-0.1, -0.05) is 44.5 Å². The Bertz CT molecular complexity index is 941. The number of benzene rings is 1. The molecule has 0 saturated heterocycles. The zero-order valence-electron chi connectivity index (χ0n) is 16.7. The molecule has 1 heterocycles. The van der Waals surface area contributed by atoms with Gasteiger partial charge in [0.1, 0.15) is 0 Å². The Balaban J connectivity index is 2.33. The van der Waals surface area contributed by atoms with Crippen molar-refractivity contribution in [2.24, 2.45) is 0 Å². The van der Waals surface area contributed by atoms with Gasteiger partial charge in [0.25, 0.3) is 0 Å². The highest BCUT2D eigenvalue weighted by atomic mass is 16.4. The lowest BCUT2D eigenvalue weighted by Crippen LogP contribution is -2.25. The number of nitriles is 1. The van der Waals surface area contributed by atoms with Crippen LogP contribution in [0.1, 0.15) is 50.7 Å². The van der Waals surface area contributed by atoms with Crippen LogP contribution in [0.4, 0.5) is 0 Å². The quantitative estimate of drug-likeness (QED) is 0.623. The van der Waals surface area contributed by atoms with Crippen LogP contribution in [0.25, 0.3) is 11.3 Å². The van der Waals surface area contributed by atoms with Gasteiger partial charge in [-0.3, -0.25) is 9.78 Å².